The van der Waals surface area contributed by atoms with Gasteiger partial charge in [0, 0.05) is 10.9 Å². The third-order valence-electron chi connectivity index (χ3n) is 5.46. The molecule has 0 radical (unpaired) electrons. The molecule has 1 unspecified atom stereocenters. The number of nitrogens with zero attached hydrogens (tertiary/aromatic N) is 3. The number of aromatic nitrogens is 2. The van der Waals surface area contributed by atoms with Crippen LogP contribution < -0.4 is 0 Å². The molecule has 0 fully saturated rings. The predicted octanol–water partition coefficient (Wildman–Crippen LogP) is 5.16. The van der Waals surface area contributed by atoms with Crippen LogP contribution in [0.25, 0.3) is 10.9 Å². The SMILES string of the molecule is CC1(Cc2ccccc2)Cc2ccccc2C(c2cc3cccc(F)c3nn2)=N1. The summed E-state index contributed by atoms with van der Waals surface area (Å²) in [5.74, 6) is -0.360. The second kappa shape index (κ2) is 6.89. The Morgan fingerprint density at radius 2 is 1.69 bits per heavy atom. The molecule has 29 heavy (non-hydrogen) atoms. The molecular formula is C25H20FN3. The van der Waals surface area contributed by atoms with Gasteiger partial charge in [0.05, 0.1) is 11.3 Å². The minimum absolute atomic E-state index is 0.285. The van der Waals surface area contributed by atoms with Crippen LogP contribution in [0.1, 0.15) is 29.3 Å². The van der Waals surface area contributed by atoms with Crippen molar-refractivity contribution in [3.63, 3.8) is 0 Å². The molecule has 0 saturated carbocycles. The van der Waals surface area contributed by atoms with Crippen molar-refractivity contribution in [3.05, 3.63) is 107 Å². The average Bonchev–Trinajstić information content (AvgIpc) is 2.73. The topological polar surface area (TPSA) is 38.1 Å². The highest BCUT2D eigenvalue weighted by Crippen LogP contribution is 2.32. The van der Waals surface area contributed by atoms with E-state index in [2.05, 4.69) is 59.6 Å². The summed E-state index contributed by atoms with van der Waals surface area (Å²) >= 11 is 0. The third-order valence-corrected chi connectivity index (χ3v) is 5.46. The maximum Gasteiger partial charge on any atom is 0.151 e. The molecule has 4 aromatic rings. The molecule has 5 rings (SSSR count). The molecule has 0 bridgehead atoms. The van der Waals surface area contributed by atoms with Gasteiger partial charge in [-0.25, -0.2) is 4.39 Å². The molecule has 0 spiro atoms. The number of aliphatic imine (C=N–C) groups is 1. The molecule has 1 aliphatic heterocycles. The number of benzene rings is 3. The molecule has 0 N–H and O–H groups in total. The van der Waals surface area contributed by atoms with Crippen molar-refractivity contribution in [2.45, 2.75) is 25.3 Å². The lowest BCUT2D eigenvalue weighted by Gasteiger charge is -2.32. The van der Waals surface area contributed by atoms with Gasteiger partial charge in [0.25, 0.3) is 0 Å². The summed E-state index contributed by atoms with van der Waals surface area (Å²) in [5, 5.41) is 9.22. The molecule has 0 aliphatic carbocycles. The first-order chi connectivity index (χ1) is 14.1. The first-order valence-corrected chi connectivity index (χ1v) is 9.76. The van der Waals surface area contributed by atoms with Crippen LogP contribution in [0.4, 0.5) is 4.39 Å². The quantitative estimate of drug-likeness (QED) is 0.491. The number of rotatable bonds is 3. The van der Waals surface area contributed by atoms with Crippen LogP contribution in [0, 0.1) is 5.82 Å². The molecule has 4 heteroatoms. The van der Waals surface area contributed by atoms with E-state index in [0.717, 1.165) is 29.5 Å². The van der Waals surface area contributed by atoms with Gasteiger partial charge in [0.2, 0.25) is 0 Å². The van der Waals surface area contributed by atoms with Crippen molar-refractivity contribution in [1.82, 2.24) is 10.2 Å². The van der Waals surface area contributed by atoms with Gasteiger partial charge in [0.15, 0.2) is 5.82 Å². The summed E-state index contributed by atoms with van der Waals surface area (Å²) in [6.45, 7) is 2.18. The van der Waals surface area contributed by atoms with Gasteiger partial charge >= 0.3 is 0 Å². The molecule has 0 saturated heterocycles. The Morgan fingerprint density at radius 3 is 2.55 bits per heavy atom. The van der Waals surface area contributed by atoms with E-state index < -0.39 is 0 Å². The molecule has 1 aliphatic rings. The highest BCUT2D eigenvalue weighted by molar-refractivity contribution is 6.14. The Morgan fingerprint density at radius 1 is 0.897 bits per heavy atom. The van der Waals surface area contributed by atoms with Gasteiger partial charge in [0.1, 0.15) is 11.2 Å². The number of fused-ring (bicyclic) bond motifs is 2. The molecule has 142 valence electrons. The smallest absolute Gasteiger partial charge is 0.151 e. The van der Waals surface area contributed by atoms with Gasteiger partial charge in [-0.1, -0.05) is 66.7 Å². The minimum atomic E-state index is -0.360. The Kier molecular flexibility index (Phi) is 4.20. The van der Waals surface area contributed by atoms with E-state index in [-0.39, 0.29) is 16.9 Å². The average molecular weight is 381 g/mol. The highest BCUT2D eigenvalue weighted by atomic mass is 19.1. The molecule has 2 heterocycles. The van der Waals surface area contributed by atoms with E-state index in [1.54, 1.807) is 6.07 Å². The van der Waals surface area contributed by atoms with Crippen LogP contribution in [0.3, 0.4) is 0 Å². The molecule has 1 atom stereocenters. The maximum atomic E-state index is 14.0. The summed E-state index contributed by atoms with van der Waals surface area (Å²) < 4.78 is 14.0. The first-order valence-electron chi connectivity index (χ1n) is 9.76. The lowest BCUT2D eigenvalue weighted by Crippen LogP contribution is -2.35. The van der Waals surface area contributed by atoms with Crippen molar-refractivity contribution < 1.29 is 4.39 Å². The van der Waals surface area contributed by atoms with Crippen molar-refractivity contribution in [2.24, 2.45) is 4.99 Å². The second-order valence-corrected chi connectivity index (χ2v) is 7.86. The molecule has 1 aromatic heterocycles. The maximum absolute atomic E-state index is 14.0. The fourth-order valence-electron chi connectivity index (χ4n) is 4.17. The van der Waals surface area contributed by atoms with E-state index in [9.17, 15) is 4.39 Å². The van der Waals surface area contributed by atoms with E-state index in [4.69, 9.17) is 4.99 Å². The largest absolute Gasteiger partial charge is 0.275 e. The number of halogens is 1. The summed E-state index contributed by atoms with van der Waals surface area (Å²) in [4.78, 5) is 5.17. The fourth-order valence-corrected chi connectivity index (χ4v) is 4.17. The monoisotopic (exact) mass is 381 g/mol. The van der Waals surface area contributed by atoms with Gasteiger partial charge in [-0.3, -0.25) is 4.99 Å². The van der Waals surface area contributed by atoms with Crippen LogP contribution in [-0.4, -0.2) is 21.4 Å². The Balaban J connectivity index is 1.65. The van der Waals surface area contributed by atoms with Crippen LogP contribution in [-0.2, 0) is 12.8 Å². The zero-order chi connectivity index (χ0) is 19.8. The standard InChI is InChI=1S/C25H20FN3/c1-25(15-17-8-3-2-4-9-17)16-19-10-5-6-12-20(19)24(27-25)22-14-18-11-7-13-21(26)23(18)29-28-22/h2-14H,15-16H2,1H3. The van der Waals surface area contributed by atoms with Gasteiger partial charge in [-0.2, -0.15) is 0 Å². The Hall–Kier alpha value is -3.40. The van der Waals surface area contributed by atoms with Crippen LogP contribution in [0.15, 0.2) is 83.9 Å². The Bertz CT molecular complexity index is 1230. The summed E-state index contributed by atoms with van der Waals surface area (Å²) in [6.07, 6.45) is 1.69. The zero-order valence-corrected chi connectivity index (χ0v) is 16.1. The summed E-state index contributed by atoms with van der Waals surface area (Å²) in [7, 11) is 0. The summed E-state index contributed by atoms with van der Waals surface area (Å²) in [5.41, 5.74) is 5.07. The number of hydrogen-bond donors (Lipinski definition) is 0. The predicted molar refractivity (Wildman–Crippen MR) is 114 cm³/mol. The zero-order valence-electron chi connectivity index (χ0n) is 16.1. The fraction of sp³-hybridized carbons (Fsp3) is 0.160. The molecule has 0 amide bonds. The first kappa shape index (κ1) is 17.7. The number of hydrogen-bond acceptors (Lipinski definition) is 3. The lowest BCUT2D eigenvalue weighted by molar-refractivity contribution is 0.460. The third kappa shape index (κ3) is 3.31. The van der Waals surface area contributed by atoms with E-state index in [1.165, 1.54) is 17.2 Å². The van der Waals surface area contributed by atoms with E-state index in [0.29, 0.717) is 5.69 Å². The molecule has 3 aromatic carbocycles. The van der Waals surface area contributed by atoms with Crippen molar-refractivity contribution in [2.75, 3.05) is 0 Å². The van der Waals surface area contributed by atoms with Crippen LogP contribution >= 0.6 is 0 Å². The molecule has 3 nitrogen and oxygen atoms in total. The van der Waals surface area contributed by atoms with Gasteiger partial charge in [-0.15, -0.1) is 10.2 Å². The normalized spacial score (nSPS) is 18.3. The lowest BCUT2D eigenvalue weighted by atomic mass is 9.81. The highest BCUT2D eigenvalue weighted by Gasteiger charge is 2.32. The van der Waals surface area contributed by atoms with Crippen molar-refractivity contribution >= 4 is 16.6 Å². The van der Waals surface area contributed by atoms with Gasteiger partial charge < -0.3 is 0 Å². The van der Waals surface area contributed by atoms with Crippen LogP contribution in [0.2, 0.25) is 0 Å². The van der Waals surface area contributed by atoms with Crippen molar-refractivity contribution in [3.8, 4) is 0 Å². The summed E-state index contributed by atoms with van der Waals surface area (Å²) in [6, 6.07) is 25.6. The van der Waals surface area contributed by atoms with Gasteiger partial charge in [-0.05, 0) is 43.0 Å². The van der Waals surface area contributed by atoms with E-state index in [1.807, 2.05) is 24.3 Å². The minimum Gasteiger partial charge on any atom is -0.275 e. The molecular weight excluding hydrogens is 361 g/mol. The van der Waals surface area contributed by atoms with Crippen LogP contribution in [0.5, 0.6) is 0 Å². The Labute approximate surface area is 169 Å². The van der Waals surface area contributed by atoms with E-state index >= 15 is 0 Å². The second-order valence-electron chi connectivity index (χ2n) is 7.86. The van der Waals surface area contributed by atoms with Crippen molar-refractivity contribution in [1.29, 1.82) is 0 Å².